The Balaban J connectivity index is 1.07. The number of carbonyl (C=O) groups is 1. The summed E-state index contributed by atoms with van der Waals surface area (Å²) in [5, 5.41) is 24.4. The van der Waals surface area contributed by atoms with Crippen molar-refractivity contribution in [2.24, 2.45) is 18.9 Å². The van der Waals surface area contributed by atoms with Crippen molar-refractivity contribution < 1.29 is 4.79 Å². The second-order valence-corrected chi connectivity index (χ2v) is 10.1. The molecule has 192 valence electrons. The van der Waals surface area contributed by atoms with Gasteiger partial charge in [-0.2, -0.15) is 15.5 Å². The van der Waals surface area contributed by atoms with E-state index in [2.05, 4.69) is 37.9 Å². The largest absolute Gasteiger partial charge is 0.356 e. The van der Waals surface area contributed by atoms with Crippen LogP contribution in [0.25, 0.3) is 27.8 Å². The minimum Gasteiger partial charge on any atom is -0.356 e. The number of anilines is 2. The van der Waals surface area contributed by atoms with Crippen LogP contribution in [0.2, 0.25) is 0 Å². The first-order valence-corrected chi connectivity index (χ1v) is 12.8. The molecule has 10 nitrogen and oxygen atoms in total. The maximum atomic E-state index is 12.4. The monoisotopic (exact) mass is 515 g/mol. The minimum absolute atomic E-state index is 0.161. The first kappa shape index (κ1) is 23.0. The number of piperidine rings is 1. The zero-order chi connectivity index (χ0) is 26.5. The molecule has 5 aromatic rings. The SMILES string of the molecule is Cn1cc(-c2cc(-c3ccc(N4CC5C(C4)C5NC(=O)Nc4ccccc4)nc3)c3c(C#N)cnn3c2)cn1. The Labute approximate surface area is 224 Å². The number of pyridine rings is 2. The van der Waals surface area contributed by atoms with Crippen LogP contribution in [0.5, 0.6) is 0 Å². The van der Waals surface area contributed by atoms with Gasteiger partial charge in [0.1, 0.15) is 11.9 Å². The van der Waals surface area contributed by atoms with Crippen molar-refractivity contribution in [1.82, 2.24) is 29.7 Å². The lowest BCUT2D eigenvalue weighted by atomic mass is 10.0. The summed E-state index contributed by atoms with van der Waals surface area (Å²) in [5.41, 5.74) is 5.78. The van der Waals surface area contributed by atoms with E-state index in [1.165, 1.54) is 0 Å². The number of nitriles is 1. The summed E-state index contributed by atoms with van der Waals surface area (Å²) in [4.78, 5) is 19.4. The van der Waals surface area contributed by atoms with E-state index in [1.807, 2.05) is 74.3 Å². The second kappa shape index (κ2) is 8.99. The molecular weight excluding hydrogens is 490 g/mol. The predicted molar refractivity (Wildman–Crippen MR) is 147 cm³/mol. The molecule has 1 saturated heterocycles. The second-order valence-electron chi connectivity index (χ2n) is 10.1. The predicted octanol–water partition coefficient (Wildman–Crippen LogP) is 3.92. The maximum absolute atomic E-state index is 12.4. The number of aromatic nitrogens is 5. The number of para-hydroxylation sites is 1. The minimum atomic E-state index is -0.161. The van der Waals surface area contributed by atoms with Gasteiger partial charge in [0.25, 0.3) is 0 Å². The van der Waals surface area contributed by atoms with E-state index in [4.69, 9.17) is 4.98 Å². The van der Waals surface area contributed by atoms with Crippen LogP contribution in [0, 0.1) is 23.2 Å². The summed E-state index contributed by atoms with van der Waals surface area (Å²) < 4.78 is 3.51. The lowest BCUT2D eigenvalue weighted by Gasteiger charge is -2.21. The molecule has 1 aromatic carbocycles. The maximum Gasteiger partial charge on any atom is 0.319 e. The average molecular weight is 516 g/mol. The van der Waals surface area contributed by atoms with E-state index >= 15 is 0 Å². The average Bonchev–Trinajstić information content (AvgIpc) is 3.41. The van der Waals surface area contributed by atoms with Crippen LogP contribution in [0.15, 0.2) is 79.5 Å². The van der Waals surface area contributed by atoms with Crippen LogP contribution in [-0.4, -0.2) is 49.5 Å². The smallest absolute Gasteiger partial charge is 0.319 e. The van der Waals surface area contributed by atoms with Crippen LogP contribution in [0.1, 0.15) is 5.56 Å². The van der Waals surface area contributed by atoms with Crippen molar-refractivity contribution in [3.8, 4) is 28.3 Å². The molecule has 39 heavy (non-hydrogen) atoms. The highest BCUT2D eigenvalue weighted by Crippen LogP contribution is 2.46. The highest BCUT2D eigenvalue weighted by Gasteiger charge is 2.56. The molecule has 0 spiro atoms. The van der Waals surface area contributed by atoms with Gasteiger partial charge in [-0.3, -0.25) is 4.68 Å². The molecule has 0 radical (unpaired) electrons. The number of carbonyl (C=O) groups excluding carboxylic acids is 1. The van der Waals surface area contributed by atoms with Gasteiger partial charge in [0.05, 0.1) is 23.5 Å². The highest BCUT2D eigenvalue weighted by atomic mass is 16.2. The summed E-state index contributed by atoms with van der Waals surface area (Å²) in [6, 6.07) is 17.9. The standard InChI is InChI=1S/C29H25N9O/c1-36-14-21(13-32-36)19-9-23(28-20(10-30)12-33-38(28)15-19)18-7-8-26(31-11-18)37-16-24-25(17-37)27(24)35-29(39)34-22-5-3-2-4-6-22/h2-9,11-15,24-25,27H,16-17H2,1H3,(H2,34,35,39). The van der Waals surface area contributed by atoms with Crippen LogP contribution in [0.3, 0.4) is 0 Å². The number of fused-ring (bicyclic) bond motifs is 2. The zero-order valence-electron chi connectivity index (χ0n) is 21.2. The Morgan fingerprint density at radius 2 is 1.79 bits per heavy atom. The van der Waals surface area contributed by atoms with Gasteiger partial charge in [-0.25, -0.2) is 14.3 Å². The summed E-state index contributed by atoms with van der Waals surface area (Å²) in [6.07, 6.45) is 9.13. The number of nitrogens with zero attached hydrogens (tertiary/aromatic N) is 7. The number of amides is 2. The molecule has 0 bridgehead atoms. The van der Waals surface area contributed by atoms with Gasteiger partial charge < -0.3 is 15.5 Å². The van der Waals surface area contributed by atoms with Crippen molar-refractivity contribution in [3.63, 3.8) is 0 Å². The summed E-state index contributed by atoms with van der Waals surface area (Å²) in [6.45, 7) is 1.71. The topological polar surface area (TPSA) is 116 Å². The Morgan fingerprint density at radius 1 is 0.974 bits per heavy atom. The lowest BCUT2D eigenvalue weighted by molar-refractivity contribution is 0.250. The van der Waals surface area contributed by atoms with Gasteiger partial charge >= 0.3 is 6.03 Å². The Kier molecular flexibility index (Phi) is 5.30. The molecule has 2 aliphatic rings. The van der Waals surface area contributed by atoms with Crippen LogP contribution < -0.4 is 15.5 Å². The molecule has 7 rings (SSSR count). The first-order valence-electron chi connectivity index (χ1n) is 12.8. The van der Waals surface area contributed by atoms with E-state index in [-0.39, 0.29) is 12.1 Å². The highest BCUT2D eigenvalue weighted by molar-refractivity contribution is 5.90. The van der Waals surface area contributed by atoms with Crippen LogP contribution in [0.4, 0.5) is 16.3 Å². The molecule has 2 fully saturated rings. The number of benzene rings is 1. The van der Waals surface area contributed by atoms with Gasteiger partial charge in [0.15, 0.2) is 0 Å². The van der Waals surface area contributed by atoms with Crippen molar-refractivity contribution in [3.05, 3.63) is 85.1 Å². The number of aryl methyl sites for hydroxylation is 1. The molecule has 2 unspecified atom stereocenters. The number of hydrogen-bond donors (Lipinski definition) is 2. The van der Waals surface area contributed by atoms with E-state index in [0.717, 1.165) is 52.4 Å². The number of hydrogen-bond acceptors (Lipinski definition) is 6. The number of urea groups is 1. The molecule has 2 N–H and O–H groups in total. The van der Waals surface area contributed by atoms with Crippen LogP contribution >= 0.6 is 0 Å². The van der Waals surface area contributed by atoms with Gasteiger partial charge in [0.2, 0.25) is 0 Å². The normalized spacial score (nSPS) is 19.5. The third-order valence-electron chi connectivity index (χ3n) is 7.68. The van der Waals surface area contributed by atoms with E-state index < -0.39 is 0 Å². The summed E-state index contributed by atoms with van der Waals surface area (Å²) in [7, 11) is 1.88. The lowest BCUT2D eigenvalue weighted by Crippen LogP contribution is -2.37. The van der Waals surface area contributed by atoms with Crippen molar-refractivity contribution in [1.29, 1.82) is 5.26 Å². The fourth-order valence-corrected chi connectivity index (χ4v) is 5.65. The molecule has 1 aliphatic heterocycles. The van der Waals surface area contributed by atoms with Gasteiger partial charge in [0, 0.05) is 84.5 Å². The molecule has 1 saturated carbocycles. The van der Waals surface area contributed by atoms with Gasteiger partial charge in [-0.05, 0) is 30.3 Å². The van der Waals surface area contributed by atoms with Crippen molar-refractivity contribution in [2.45, 2.75) is 6.04 Å². The molecule has 4 aromatic heterocycles. The van der Waals surface area contributed by atoms with Crippen molar-refractivity contribution in [2.75, 3.05) is 23.3 Å². The molecule has 1 aliphatic carbocycles. The molecule has 10 heteroatoms. The Bertz CT molecular complexity index is 1720. The van der Waals surface area contributed by atoms with E-state index in [1.54, 1.807) is 15.4 Å². The third kappa shape index (κ3) is 4.14. The van der Waals surface area contributed by atoms with E-state index in [0.29, 0.717) is 17.4 Å². The molecule has 2 atom stereocenters. The molecule has 2 amide bonds. The van der Waals surface area contributed by atoms with Gasteiger partial charge in [-0.15, -0.1) is 0 Å². The molecular formula is C29H25N9O. The Morgan fingerprint density at radius 3 is 2.49 bits per heavy atom. The first-order chi connectivity index (χ1) is 19.1. The number of rotatable bonds is 5. The fourth-order valence-electron chi connectivity index (χ4n) is 5.65. The fraction of sp³-hybridized carbons (Fsp3) is 0.207. The quantitative estimate of drug-likeness (QED) is 0.367. The van der Waals surface area contributed by atoms with E-state index in [9.17, 15) is 10.1 Å². The zero-order valence-corrected chi connectivity index (χ0v) is 21.2. The van der Waals surface area contributed by atoms with Crippen molar-refractivity contribution >= 4 is 23.1 Å². The molecule has 5 heterocycles. The van der Waals surface area contributed by atoms with Gasteiger partial charge in [-0.1, -0.05) is 18.2 Å². The summed E-state index contributed by atoms with van der Waals surface area (Å²) in [5.74, 6) is 1.76. The Hall–Kier alpha value is -5.17. The summed E-state index contributed by atoms with van der Waals surface area (Å²) >= 11 is 0. The number of nitrogens with one attached hydrogen (secondary N) is 2. The third-order valence-corrected chi connectivity index (χ3v) is 7.68. The van der Waals surface area contributed by atoms with Crippen LogP contribution in [-0.2, 0) is 7.05 Å².